The van der Waals surface area contributed by atoms with Crippen LogP contribution in [0.25, 0.3) is 0 Å². The normalized spacial score (nSPS) is 17.6. The Morgan fingerprint density at radius 2 is 1.90 bits per heavy atom. The predicted octanol–water partition coefficient (Wildman–Crippen LogP) is 3.84. The minimum Gasteiger partial charge on any atom is -0.493 e. The number of pyridine rings is 1. The summed E-state index contributed by atoms with van der Waals surface area (Å²) in [5.41, 5.74) is 1.62. The average molecular weight is 411 g/mol. The molecule has 1 aromatic carbocycles. The maximum atomic E-state index is 5.93. The van der Waals surface area contributed by atoms with Crippen LogP contribution in [0.5, 0.6) is 23.1 Å². The van der Waals surface area contributed by atoms with Crippen LogP contribution in [0.15, 0.2) is 41.5 Å². The first-order valence-corrected chi connectivity index (χ1v) is 10.5. The third kappa shape index (κ3) is 4.15. The minimum atomic E-state index is 0.484. The molecule has 1 saturated heterocycles. The van der Waals surface area contributed by atoms with E-state index in [1.54, 1.807) is 14.2 Å². The Morgan fingerprint density at radius 3 is 2.43 bits per heavy atom. The topological polar surface area (TPSA) is 68.2 Å². The molecule has 1 N–H and O–H groups in total. The van der Waals surface area contributed by atoms with E-state index < -0.39 is 0 Å². The van der Waals surface area contributed by atoms with Crippen molar-refractivity contribution in [1.82, 2.24) is 15.2 Å². The Balaban J connectivity index is 1.36. The molecule has 1 aromatic heterocycles. The minimum absolute atomic E-state index is 0.484. The van der Waals surface area contributed by atoms with Crippen molar-refractivity contribution in [2.45, 2.75) is 32.2 Å². The Hall–Kier alpha value is -2.96. The second-order valence-electron chi connectivity index (χ2n) is 8.02. The van der Waals surface area contributed by atoms with Gasteiger partial charge in [-0.05, 0) is 42.4 Å². The summed E-state index contributed by atoms with van der Waals surface area (Å²) in [7, 11) is 5.05. The molecule has 7 heteroatoms. The number of hydrogen-bond acceptors (Lipinski definition) is 5. The van der Waals surface area contributed by atoms with Crippen molar-refractivity contribution < 1.29 is 14.2 Å². The van der Waals surface area contributed by atoms with Gasteiger partial charge in [0.2, 0.25) is 11.6 Å². The molecule has 1 aliphatic heterocycles. The molecule has 2 fully saturated rings. The monoisotopic (exact) mass is 410 g/mol. The summed E-state index contributed by atoms with van der Waals surface area (Å²) in [5, 5.41) is 3.47. The van der Waals surface area contributed by atoms with E-state index in [1.807, 2.05) is 43.6 Å². The molecule has 2 aliphatic rings. The molecular weight excluding hydrogens is 380 g/mol. The van der Waals surface area contributed by atoms with Crippen LogP contribution >= 0.6 is 0 Å². The Morgan fingerprint density at radius 1 is 1.13 bits per heavy atom. The van der Waals surface area contributed by atoms with Crippen molar-refractivity contribution in [2.75, 3.05) is 34.4 Å². The molecule has 7 nitrogen and oxygen atoms in total. The number of methoxy groups -OCH3 is 2. The number of likely N-dealkylation sites (tertiary alicyclic amines) is 1. The molecule has 0 unspecified atom stereocenters. The smallest absolute Gasteiger partial charge is 0.219 e. The van der Waals surface area contributed by atoms with Gasteiger partial charge in [0.05, 0.1) is 14.2 Å². The molecule has 2 aromatic rings. The second-order valence-corrected chi connectivity index (χ2v) is 8.02. The molecule has 0 atom stereocenters. The van der Waals surface area contributed by atoms with Crippen molar-refractivity contribution in [1.29, 1.82) is 0 Å². The van der Waals surface area contributed by atoms with E-state index in [1.165, 1.54) is 25.7 Å². The van der Waals surface area contributed by atoms with Crippen LogP contribution in [0.1, 0.15) is 31.2 Å². The summed E-state index contributed by atoms with van der Waals surface area (Å²) in [6.07, 6.45) is 7.20. The van der Waals surface area contributed by atoms with Crippen molar-refractivity contribution in [3.05, 3.63) is 42.1 Å². The highest BCUT2D eigenvalue weighted by molar-refractivity contribution is 5.80. The first kappa shape index (κ1) is 20.3. The van der Waals surface area contributed by atoms with E-state index in [9.17, 15) is 0 Å². The summed E-state index contributed by atoms with van der Waals surface area (Å²) >= 11 is 0. The van der Waals surface area contributed by atoms with Gasteiger partial charge in [-0.1, -0.05) is 18.6 Å². The molecule has 30 heavy (non-hydrogen) atoms. The molecule has 0 bridgehead atoms. The first-order valence-electron chi connectivity index (χ1n) is 10.5. The SMILES string of the molecule is CN=C(NCc1ccc(Oc2c(OC)cccc2OC)nc1)N1CCC2(CCC2)C1. The van der Waals surface area contributed by atoms with Crippen LogP contribution in [0, 0.1) is 5.41 Å². The van der Waals surface area contributed by atoms with Gasteiger partial charge >= 0.3 is 0 Å². The van der Waals surface area contributed by atoms with Crippen LogP contribution in [0.2, 0.25) is 0 Å². The highest BCUT2D eigenvalue weighted by Gasteiger charge is 2.43. The van der Waals surface area contributed by atoms with E-state index in [0.29, 0.717) is 35.1 Å². The van der Waals surface area contributed by atoms with Gasteiger partial charge in [0.1, 0.15) is 0 Å². The lowest BCUT2D eigenvalue weighted by molar-refractivity contribution is 0.151. The summed E-state index contributed by atoms with van der Waals surface area (Å²) in [6, 6.07) is 9.36. The zero-order valence-corrected chi connectivity index (χ0v) is 18.0. The number of aliphatic imine (C=N–C) groups is 1. The number of guanidine groups is 1. The number of ether oxygens (including phenoxy) is 3. The summed E-state index contributed by atoms with van der Waals surface area (Å²) in [4.78, 5) is 11.3. The number of benzene rings is 1. The van der Waals surface area contributed by atoms with E-state index in [0.717, 1.165) is 24.6 Å². The van der Waals surface area contributed by atoms with Gasteiger partial charge in [-0.15, -0.1) is 0 Å². The largest absolute Gasteiger partial charge is 0.493 e. The standard InChI is InChI=1S/C23H30N4O3/c1-24-22(27-13-12-23(16-27)10-5-11-23)26-15-17-8-9-20(25-14-17)30-21-18(28-2)6-4-7-19(21)29-3/h4,6-9,14H,5,10-13,15-16H2,1-3H3,(H,24,26). The summed E-state index contributed by atoms with van der Waals surface area (Å²) in [5.74, 6) is 3.16. The fraction of sp³-hybridized carbons (Fsp3) is 0.478. The Labute approximate surface area is 178 Å². The maximum absolute atomic E-state index is 5.93. The number of aromatic nitrogens is 1. The zero-order valence-electron chi connectivity index (χ0n) is 18.0. The highest BCUT2D eigenvalue weighted by atomic mass is 16.5. The lowest BCUT2D eigenvalue weighted by atomic mass is 9.68. The fourth-order valence-electron chi connectivity index (χ4n) is 4.31. The van der Waals surface area contributed by atoms with Crippen LogP contribution < -0.4 is 19.5 Å². The van der Waals surface area contributed by atoms with Gasteiger partial charge in [0.15, 0.2) is 17.5 Å². The Bertz CT molecular complexity index is 872. The molecule has 0 amide bonds. The zero-order chi connectivity index (χ0) is 21.0. The number of nitrogens with zero attached hydrogens (tertiary/aromatic N) is 3. The van der Waals surface area contributed by atoms with Gasteiger partial charge in [-0.25, -0.2) is 4.98 Å². The quantitative estimate of drug-likeness (QED) is 0.576. The Kier molecular flexibility index (Phi) is 5.97. The third-order valence-electron chi connectivity index (χ3n) is 6.20. The predicted molar refractivity (Wildman–Crippen MR) is 117 cm³/mol. The fourth-order valence-corrected chi connectivity index (χ4v) is 4.31. The highest BCUT2D eigenvalue weighted by Crippen LogP contribution is 2.47. The van der Waals surface area contributed by atoms with Gasteiger partial charge in [0.25, 0.3) is 0 Å². The molecule has 1 saturated carbocycles. The van der Waals surface area contributed by atoms with E-state index in [-0.39, 0.29) is 0 Å². The van der Waals surface area contributed by atoms with E-state index >= 15 is 0 Å². The van der Waals surface area contributed by atoms with Gasteiger partial charge in [-0.3, -0.25) is 4.99 Å². The van der Waals surface area contributed by atoms with E-state index in [2.05, 4.69) is 20.2 Å². The van der Waals surface area contributed by atoms with Crippen LogP contribution in [-0.2, 0) is 6.54 Å². The lowest BCUT2D eigenvalue weighted by Crippen LogP contribution is -2.42. The number of hydrogen-bond donors (Lipinski definition) is 1. The van der Waals surface area contributed by atoms with Gasteiger partial charge in [-0.2, -0.15) is 0 Å². The molecule has 0 radical (unpaired) electrons. The molecular formula is C23H30N4O3. The number of para-hydroxylation sites is 1. The molecule has 160 valence electrons. The van der Waals surface area contributed by atoms with Crippen LogP contribution in [0.4, 0.5) is 0 Å². The van der Waals surface area contributed by atoms with Gasteiger partial charge < -0.3 is 24.4 Å². The number of nitrogens with one attached hydrogen (secondary N) is 1. The van der Waals surface area contributed by atoms with Gasteiger partial charge in [0, 0.05) is 38.9 Å². The molecule has 4 rings (SSSR count). The lowest BCUT2D eigenvalue weighted by Gasteiger charge is -2.38. The number of rotatable bonds is 6. The molecule has 1 spiro atoms. The van der Waals surface area contributed by atoms with Crippen LogP contribution in [-0.4, -0.2) is 50.2 Å². The molecule has 1 aliphatic carbocycles. The third-order valence-corrected chi connectivity index (χ3v) is 6.20. The average Bonchev–Trinajstić information content (AvgIpc) is 3.22. The maximum Gasteiger partial charge on any atom is 0.219 e. The second kappa shape index (κ2) is 8.81. The summed E-state index contributed by atoms with van der Waals surface area (Å²) in [6.45, 7) is 2.88. The van der Waals surface area contributed by atoms with E-state index in [4.69, 9.17) is 14.2 Å². The van der Waals surface area contributed by atoms with Crippen molar-refractivity contribution in [3.63, 3.8) is 0 Å². The molecule has 2 heterocycles. The summed E-state index contributed by atoms with van der Waals surface area (Å²) < 4.78 is 16.7. The van der Waals surface area contributed by atoms with Crippen molar-refractivity contribution in [3.8, 4) is 23.1 Å². The van der Waals surface area contributed by atoms with Crippen LogP contribution in [0.3, 0.4) is 0 Å². The first-order chi connectivity index (χ1) is 14.7. The van der Waals surface area contributed by atoms with Crippen molar-refractivity contribution >= 4 is 5.96 Å². The van der Waals surface area contributed by atoms with Crippen molar-refractivity contribution in [2.24, 2.45) is 10.4 Å².